The second kappa shape index (κ2) is 5.85. The van der Waals surface area contributed by atoms with Gasteiger partial charge in [-0.05, 0) is 24.6 Å². The van der Waals surface area contributed by atoms with E-state index in [0.29, 0.717) is 15.9 Å². The smallest absolute Gasteiger partial charge is 0.131 e. The monoisotopic (exact) mass is 297 g/mol. The zero-order valence-corrected chi connectivity index (χ0v) is 12.6. The molecule has 0 aliphatic carbocycles. The summed E-state index contributed by atoms with van der Waals surface area (Å²) < 4.78 is 2.06. The summed E-state index contributed by atoms with van der Waals surface area (Å²) in [6, 6.07) is 5.37. The van der Waals surface area contributed by atoms with Gasteiger partial charge in [-0.2, -0.15) is 0 Å². The predicted molar refractivity (Wildman–Crippen MR) is 81.8 cm³/mol. The van der Waals surface area contributed by atoms with Crippen LogP contribution >= 0.6 is 23.2 Å². The molecule has 0 radical (unpaired) electrons. The average Bonchev–Trinajstić information content (AvgIpc) is 2.68. The Labute approximate surface area is 123 Å². The van der Waals surface area contributed by atoms with Gasteiger partial charge in [-0.3, -0.25) is 0 Å². The van der Waals surface area contributed by atoms with E-state index >= 15 is 0 Å². The van der Waals surface area contributed by atoms with Gasteiger partial charge in [0.15, 0.2) is 0 Å². The lowest BCUT2D eigenvalue weighted by Gasteiger charge is -2.07. The normalized spacial score (nSPS) is 10.9. The molecular weight excluding hydrogens is 281 g/mol. The Morgan fingerprint density at radius 3 is 2.58 bits per heavy atom. The summed E-state index contributed by atoms with van der Waals surface area (Å²) in [5, 5.41) is 1.18. The molecule has 0 aliphatic rings. The Morgan fingerprint density at radius 1 is 1.26 bits per heavy atom. The van der Waals surface area contributed by atoms with E-state index in [1.165, 1.54) is 0 Å². The van der Waals surface area contributed by atoms with Crippen molar-refractivity contribution in [3.05, 3.63) is 34.1 Å². The quantitative estimate of drug-likeness (QED) is 0.908. The summed E-state index contributed by atoms with van der Waals surface area (Å²) in [6.45, 7) is 5.06. The van der Waals surface area contributed by atoms with Gasteiger partial charge >= 0.3 is 0 Å². The molecular formula is C14H17Cl2N3. The first-order valence-electron chi connectivity index (χ1n) is 6.38. The van der Waals surface area contributed by atoms with Gasteiger partial charge in [0, 0.05) is 23.6 Å². The standard InChI is InChI=1S/C14H17Cl2N3/c1-3-7-19-12(4-2)18-13(14(19)17)10-6-5-9(15)8-11(10)16/h5-6,8H,3-4,7,17H2,1-2H3. The molecule has 2 aromatic rings. The first-order chi connectivity index (χ1) is 9.08. The number of nitrogens with zero attached hydrogens (tertiary/aromatic N) is 2. The lowest BCUT2D eigenvalue weighted by molar-refractivity contribution is 0.650. The number of aromatic nitrogens is 2. The van der Waals surface area contributed by atoms with Crippen LogP contribution < -0.4 is 5.73 Å². The van der Waals surface area contributed by atoms with Crippen molar-refractivity contribution in [2.75, 3.05) is 5.73 Å². The third kappa shape index (κ3) is 2.72. The number of nitrogen functional groups attached to an aromatic ring is 1. The van der Waals surface area contributed by atoms with Crippen molar-refractivity contribution in [3.8, 4) is 11.3 Å². The zero-order chi connectivity index (χ0) is 14.0. The van der Waals surface area contributed by atoms with Crippen LogP contribution in [0.3, 0.4) is 0 Å². The highest BCUT2D eigenvalue weighted by molar-refractivity contribution is 6.36. The van der Waals surface area contributed by atoms with Crippen molar-refractivity contribution in [2.24, 2.45) is 0 Å². The van der Waals surface area contributed by atoms with E-state index in [1.807, 2.05) is 6.07 Å². The summed E-state index contributed by atoms with van der Waals surface area (Å²) in [4.78, 5) is 4.62. The largest absolute Gasteiger partial charge is 0.383 e. The second-order valence-electron chi connectivity index (χ2n) is 4.39. The lowest BCUT2D eigenvalue weighted by Crippen LogP contribution is -2.06. The molecule has 0 bridgehead atoms. The third-order valence-corrected chi connectivity index (χ3v) is 3.58. The van der Waals surface area contributed by atoms with E-state index in [4.69, 9.17) is 28.9 Å². The molecule has 0 unspecified atom stereocenters. The molecule has 0 spiro atoms. The summed E-state index contributed by atoms with van der Waals surface area (Å²) >= 11 is 12.1. The number of benzene rings is 1. The second-order valence-corrected chi connectivity index (χ2v) is 5.23. The van der Waals surface area contributed by atoms with Crippen molar-refractivity contribution in [1.29, 1.82) is 0 Å². The zero-order valence-electron chi connectivity index (χ0n) is 11.1. The Morgan fingerprint density at radius 2 is 2.00 bits per heavy atom. The number of rotatable bonds is 4. The molecule has 1 aromatic carbocycles. The van der Waals surface area contributed by atoms with Gasteiger partial charge in [-0.1, -0.05) is 37.0 Å². The number of aryl methyl sites for hydroxylation is 1. The van der Waals surface area contributed by atoms with Gasteiger partial charge in [0.25, 0.3) is 0 Å². The van der Waals surface area contributed by atoms with Crippen LogP contribution in [0.1, 0.15) is 26.1 Å². The van der Waals surface area contributed by atoms with Crippen LogP contribution in [0.2, 0.25) is 10.0 Å². The van der Waals surface area contributed by atoms with Crippen LogP contribution in [0.15, 0.2) is 18.2 Å². The fourth-order valence-corrected chi connectivity index (χ4v) is 2.63. The summed E-state index contributed by atoms with van der Waals surface area (Å²) in [5.41, 5.74) is 7.78. The van der Waals surface area contributed by atoms with E-state index in [1.54, 1.807) is 12.1 Å². The Balaban J connectivity index is 2.56. The molecule has 0 saturated heterocycles. The molecule has 3 nitrogen and oxygen atoms in total. The Bertz CT molecular complexity index is 591. The maximum Gasteiger partial charge on any atom is 0.131 e. The molecule has 19 heavy (non-hydrogen) atoms. The van der Waals surface area contributed by atoms with Gasteiger partial charge in [0.05, 0.1) is 5.02 Å². The molecule has 0 fully saturated rings. The van der Waals surface area contributed by atoms with Crippen molar-refractivity contribution >= 4 is 29.0 Å². The minimum atomic E-state index is 0.572. The first-order valence-corrected chi connectivity index (χ1v) is 7.14. The summed E-state index contributed by atoms with van der Waals surface area (Å²) in [7, 11) is 0. The molecule has 0 atom stereocenters. The predicted octanol–water partition coefficient (Wildman–Crippen LogP) is 4.41. The molecule has 1 heterocycles. The van der Waals surface area contributed by atoms with Crippen LogP contribution in [-0.4, -0.2) is 9.55 Å². The maximum atomic E-state index is 6.23. The summed E-state index contributed by atoms with van der Waals surface area (Å²) in [6.07, 6.45) is 1.86. The van der Waals surface area contributed by atoms with Crippen LogP contribution in [0, 0.1) is 0 Å². The highest BCUT2D eigenvalue weighted by atomic mass is 35.5. The molecule has 102 valence electrons. The molecule has 0 aliphatic heterocycles. The SMILES string of the molecule is CCCn1c(CC)nc(-c2ccc(Cl)cc2Cl)c1N. The fraction of sp³-hybridized carbons (Fsp3) is 0.357. The Hall–Kier alpha value is -1.19. The van der Waals surface area contributed by atoms with Crippen molar-refractivity contribution in [1.82, 2.24) is 9.55 Å². The molecule has 2 rings (SSSR count). The van der Waals surface area contributed by atoms with Crippen LogP contribution in [0.25, 0.3) is 11.3 Å². The molecule has 5 heteroatoms. The van der Waals surface area contributed by atoms with E-state index < -0.39 is 0 Å². The molecule has 1 aromatic heterocycles. The van der Waals surface area contributed by atoms with E-state index in [-0.39, 0.29) is 0 Å². The van der Waals surface area contributed by atoms with Crippen molar-refractivity contribution < 1.29 is 0 Å². The van der Waals surface area contributed by atoms with E-state index in [2.05, 4.69) is 23.4 Å². The van der Waals surface area contributed by atoms with Gasteiger partial charge in [0.1, 0.15) is 17.3 Å². The van der Waals surface area contributed by atoms with E-state index in [9.17, 15) is 0 Å². The lowest BCUT2D eigenvalue weighted by atomic mass is 10.1. The van der Waals surface area contributed by atoms with E-state index in [0.717, 1.165) is 36.5 Å². The molecule has 2 N–H and O–H groups in total. The number of hydrogen-bond donors (Lipinski definition) is 1. The number of halogens is 2. The van der Waals surface area contributed by atoms with Gasteiger partial charge in [-0.15, -0.1) is 0 Å². The van der Waals surface area contributed by atoms with Crippen molar-refractivity contribution in [3.63, 3.8) is 0 Å². The highest BCUT2D eigenvalue weighted by Crippen LogP contribution is 2.33. The number of nitrogens with two attached hydrogens (primary N) is 1. The van der Waals surface area contributed by atoms with Crippen molar-refractivity contribution in [2.45, 2.75) is 33.2 Å². The van der Waals surface area contributed by atoms with Crippen LogP contribution in [0.4, 0.5) is 5.82 Å². The van der Waals surface area contributed by atoms with Crippen LogP contribution in [-0.2, 0) is 13.0 Å². The van der Waals surface area contributed by atoms with Gasteiger partial charge in [-0.25, -0.2) is 4.98 Å². The maximum absolute atomic E-state index is 6.23. The number of imidazole rings is 1. The number of hydrogen-bond acceptors (Lipinski definition) is 2. The average molecular weight is 298 g/mol. The first kappa shape index (κ1) is 14.2. The minimum absolute atomic E-state index is 0.572. The topological polar surface area (TPSA) is 43.8 Å². The number of anilines is 1. The minimum Gasteiger partial charge on any atom is -0.383 e. The van der Waals surface area contributed by atoms with Gasteiger partial charge in [0.2, 0.25) is 0 Å². The third-order valence-electron chi connectivity index (χ3n) is 3.04. The molecule has 0 saturated carbocycles. The van der Waals surface area contributed by atoms with Gasteiger partial charge < -0.3 is 10.3 Å². The summed E-state index contributed by atoms with van der Waals surface area (Å²) in [5.74, 6) is 1.66. The van der Waals surface area contributed by atoms with Crippen LogP contribution in [0.5, 0.6) is 0 Å². The fourth-order valence-electron chi connectivity index (χ4n) is 2.14. The highest BCUT2D eigenvalue weighted by Gasteiger charge is 2.16. The molecule has 0 amide bonds. The Kier molecular flexibility index (Phi) is 4.38.